The summed E-state index contributed by atoms with van der Waals surface area (Å²) in [7, 11) is -1.35. The quantitative estimate of drug-likeness (QED) is 0.667. The molecule has 2 aromatic heterocycles. The van der Waals surface area contributed by atoms with E-state index in [2.05, 4.69) is 15.5 Å². The zero-order valence-corrected chi connectivity index (χ0v) is 15.5. The van der Waals surface area contributed by atoms with E-state index < -0.39 is 9.84 Å². The topological polar surface area (TPSA) is 98.1 Å². The summed E-state index contributed by atoms with van der Waals surface area (Å²) in [5, 5.41) is 14.1. The highest BCUT2D eigenvalue weighted by Gasteiger charge is 2.32. The van der Waals surface area contributed by atoms with Crippen molar-refractivity contribution < 1.29 is 13.2 Å². The summed E-state index contributed by atoms with van der Waals surface area (Å²) in [6, 6.07) is 3.73. The van der Waals surface area contributed by atoms with E-state index in [0.29, 0.717) is 18.1 Å². The number of hydrogen-bond acceptors (Lipinski definition) is 8. The Morgan fingerprint density at radius 2 is 2.38 bits per heavy atom. The highest BCUT2D eigenvalue weighted by Crippen LogP contribution is 2.20. The predicted molar refractivity (Wildman–Crippen MR) is 91.8 cm³/mol. The maximum absolute atomic E-state index is 12.3. The Morgan fingerprint density at radius 3 is 3.04 bits per heavy atom. The van der Waals surface area contributed by atoms with Gasteiger partial charge >= 0.3 is 0 Å². The summed E-state index contributed by atoms with van der Waals surface area (Å²) in [5.74, 6) is 0.266. The van der Waals surface area contributed by atoms with Crippen molar-refractivity contribution in [3.05, 3.63) is 22.4 Å². The number of aromatic nitrogens is 4. The molecule has 1 saturated heterocycles. The zero-order chi connectivity index (χ0) is 17.2. The fraction of sp³-hybridized carbons (Fsp3) is 0.538. The van der Waals surface area contributed by atoms with Crippen molar-refractivity contribution in [2.24, 2.45) is 0 Å². The molecule has 1 fully saturated rings. The summed E-state index contributed by atoms with van der Waals surface area (Å²) in [4.78, 5) is 15.0. The Labute approximate surface area is 148 Å². The molecule has 24 heavy (non-hydrogen) atoms. The Kier molecular flexibility index (Phi) is 5.21. The Hall–Kier alpha value is -1.46. The van der Waals surface area contributed by atoms with Gasteiger partial charge in [0.15, 0.2) is 9.84 Å². The SMILES string of the molecule is CN(C(=O)CSc1nnnn1Cc1cccs1)[C@H]1CCS(=O)(=O)C1. The van der Waals surface area contributed by atoms with Crippen LogP contribution in [0.1, 0.15) is 11.3 Å². The van der Waals surface area contributed by atoms with Crippen molar-refractivity contribution in [1.29, 1.82) is 0 Å². The number of hydrogen-bond donors (Lipinski definition) is 0. The second-order valence-electron chi connectivity index (χ2n) is 5.55. The Morgan fingerprint density at radius 1 is 1.54 bits per heavy atom. The fourth-order valence-corrected chi connectivity index (χ4v) is 5.72. The van der Waals surface area contributed by atoms with Crippen LogP contribution in [0.4, 0.5) is 0 Å². The molecule has 1 amide bonds. The number of nitrogens with zero attached hydrogens (tertiary/aromatic N) is 5. The smallest absolute Gasteiger partial charge is 0.233 e. The molecule has 1 aliphatic heterocycles. The molecule has 11 heteroatoms. The first-order chi connectivity index (χ1) is 11.4. The maximum atomic E-state index is 12.3. The van der Waals surface area contributed by atoms with Crippen molar-refractivity contribution >= 4 is 38.8 Å². The molecule has 0 radical (unpaired) electrons. The van der Waals surface area contributed by atoms with Gasteiger partial charge in [0.2, 0.25) is 11.1 Å². The van der Waals surface area contributed by atoms with Gasteiger partial charge in [0, 0.05) is 18.0 Å². The first-order valence-electron chi connectivity index (χ1n) is 7.32. The molecule has 0 bridgehead atoms. The number of sulfone groups is 1. The number of rotatable bonds is 6. The van der Waals surface area contributed by atoms with Crippen molar-refractivity contribution in [3.63, 3.8) is 0 Å². The highest BCUT2D eigenvalue weighted by molar-refractivity contribution is 7.99. The minimum absolute atomic E-state index is 0.0516. The van der Waals surface area contributed by atoms with Crippen molar-refractivity contribution in [2.45, 2.75) is 24.2 Å². The summed E-state index contributed by atoms with van der Waals surface area (Å²) in [6.07, 6.45) is 0.505. The second kappa shape index (κ2) is 7.19. The summed E-state index contributed by atoms with van der Waals surface area (Å²) >= 11 is 2.88. The van der Waals surface area contributed by atoms with E-state index in [1.165, 1.54) is 16.7 Å². The number of carbonyl (C=O) groups excluding carboxylic acids is 1. The van der Waals surface area contributed by atoms with Gasteiger partial charge in [0.1, 0.15) is 0 Å². The minimum atomic E-state index is -3.00. The summed E-state index contributed by atoms with van der Waals surface area (Å²) < 4.78 is 24.7. The van der Waals surface area contributed by atoms with Gasteiger partial charge in [-0.25, -0.2) is 13.1 Å². The lowest BCUT2D eigenvalue weighted by Gasteiger charge is -2.23. The van der Waals surface area contributed by atoms with Crippen LogP contribution in [0.15, 0.2) is 22.7 Å². The molecular weight excluding hydrogens is 370 g/mol. The van der Waals surface area contributed by atoms with E-state index in [4.69, 9.17) is 0 Å². The van der Waals surface area contributed by atoms with Crippen LogP contribution in [0.25, 0.3) is 0 Å². The normalized spacial score (nSPS) is 19.5. The van der Waals surface area contributed by atoms with E-state index in [1.54, 1.807) is 23.1 Å². The average Bonchev–Trinajstić information content (AvgIpc) is 3.26. The standard InChI is InChI=1S/C13H17N5O3S3/c1-17(10-4-6-24(20,21)9-10)12(19)8-23-13-14-15-16-18(13)7-11-3-2-5-22-11/h2-3,5,10H,4,6-9H2,1H3/t10-/m0/s1. The molecule has 3 heterocycles. The van der Waals surface area contributed by atoms with Gasteiger partial charge in [-0.1, -0.05) is 17.8 Å². The zero-order valence-electron chi connectivity index (χ0n) is 13.0. The maximum Gasteiger partial charge on any atom is 0.233 e. The minimum Gasteiger partial charge on any atom is -0.341 e. The van der Waals surface area contributed by atoms with Crippen molar-refractivity contribution in [3.8, 4) is 0 Å². The van der Waals surface area contributed by atoms with Gasteiger partial charge in [0.05, 0.1) is 23.8 Å². The van der Waals surface area contributed by atoms with E-state index in [-0.39, 0.29) is 29.2 Å². The van der Waals surface area contributed by atoms with Gasteiger partial charge in [-0.3, -0.25) is 4.79 Å². The first-order valence-corrected chi connectivity index (χ1v) is 11.0. The van der Waals surface area contributed by atoms with Crippen LogP contribution in [0.3, 0.4) is 0 Å². The molecule has 1 atom stereocenters. The molecule has 3 rings (SSSR count). The molecule has 8 nitrogen and oxygen atoms in total. The van der Waals surface area contributed by atoms with Crippen LogP contribution in [0.2, 0.25) is 0 Å². The lowest BCUT2D eigenvalue weighted by atomic mass is 10.2. The van der Waals surface area contributed by atoms with Crippen LogP contribution < -0.4 is 0 Å². The summed E-state index contributed by atoms with van der Waals surface area (Å²) in [6.45, 7) is 0.567. The third kappa shape index (κ3) is 4.14. The van der Waals surface area contributed by atoms with E-state index in [1.807, 2.05) is 17.5 Å². The third-order valence-electron chi connectivity index (χ3n) is 3.86. The highest BCUT2D eigenvalue weighted by atomic mass is 32.2. The molecule has 0 aliphatic carbocycles. The lowest BCUT2D eigenvalue weighted by Crippen LogP contribution is -2.38. The number of tetrazole rings is 1. The van der Waals surface area contributed by atoms with Crippen LogP contribution in [-0.2, 0) is 21.2 Å². The van der Waals surface area contributed by atoms with Crippen LogP contribution >= 0.6 is 23.1 Å². The lowest BCUT2D eigenvalue weighted by molar-refractivity contribution is -0.128. The first kappa shape index (κ1) is 17.4. The van der Waals surface area contributed by atoms with Crippen LogP contribution in [-0.4, -0.2) is 69.8 Å². The van der Waals surface area contributed by atoms with Crippen molar-refractivity contribution in [2.75, 3.05) is 24.3 Å². The third-order valence-corrected chi connectivity index (χ3v) is 7.41. The average molecular weight is 388 g/mol. The molecule has 0 spiro atoms. The van der Waals surface area contributed by atoms with E-state index >= 15 is 0 Å². The number of thioether (sulfide) groups is 1. The predicted octanol–water partition coefficient (Wildman–Crippen LogP) is 0.520. The fourth-order valence-electron chi connectivity index (χ4n) is 2.46. The molecule has 0 unspecified atom stereocenters. The molecule has 0 saturated carbocycles. The second-order valence-corrected chi connectivity index (χ2v) is 9.75. The van der Waals surface area contributed by atoms with Gasteiger partial charge in [-0.15, -0.1) is 16.4 Å². The van der Waals surface area contributed by atoms with Crippen molar-refractivity contribution in [1.82, 2.24) is 25.1 Å². The van der Waals surface area contributed by atoms with Gasteiger partial charge in [-0.2, -0.15) is 0 Å². The Balaban J connectivity index is 1.56. The number of amides is 1. The molecule has 1 aliphatic rings. The monoisotopic (exact) mass is 387 g/mol. The van der Waals surface area contributed by atoms with Gasteiger partial charge in [0.25, 0.3) is 0 Å². The van der Waals surface area contributed by atoms with Crippen LogP contribution in [0, 0.1) is 0 Å². The Bertz CT molecular complexity index is 803. The molecule has 0 N–H and O–H groups in total. The molecular formula is C13H17N5O3S3. The molecule has 130 valence electrons. The number of carbonyl (C=O) groups is 1. The largest absolute Gasteiger partial charge is 0.341 e. The molecule has 2 aromatic rings. The molecule has 0 aromatic carbocycles. The van der Waals surface area contributed by atoms with Gasteiger partial charge in [-0.05, 0) is 28.3 Å². The van der Waals surface area contributed by atoms with Gasteiger partial charge < -0.3 is 4.90 Å². The summed E-state index contributed by atoms with van der Waals surface area (Å²) in [5.41, 5.74) is 0. The van der Waals surface area contributed by atoms with Crippen LogP contribution in [0.5, 0.6) is 0 Å². The van der Waals surface area contributed by atoms with E-state index in [0.717, 1.165) is 4.88 Å². The van der Waals surface area contributed by atoms with E-state index in [9.17, 15) is 13.2 Å². The number of thiophene rings is 1.